The number of imidazole rings is 1. The SMILES string of the molecule is Cc1cc(C)n(CCNC(=O)c2cnc3c(c2)ncn3Cc2cccnc2)n1. The summed E-state index contributed by atoms with van der Waals surface area (Å²) in [6.07, 6.45) is 6.88. The number of amides is 1. The molecule has 0 aliphatic rings. The van der Waals surface area contributed by atoms with Crippen LogP contribution in [-0.2, 0) is 13.1 Å². The highest BCUT2D eigenvalue weighted by atomic mass is 16.1. The van der Waals surface area contributed by atoms with Crippen LogP contribution in [-0.4, -0.2) is 41.8 Å². The van der Waals surface area contributed by atoms with Gasteiger partial charge in [-0.1, -0.05) is 6.07 Å². The van der Waals surface area contributed by atoms with Gasteiger partial charge in [0.25, 0.3) is 5.91 Å². The molecule has 0 unspecified atom stereocenters. The molecule has 0 saturated carbocycles. The molecule has 0 aliphatic carbocycles. The van der Waals surface area contributed by atoms with Crippen molar-refractivity contribution < 1.29 is 4.79 Å². The second-order valence-electron chi connectivity index (χ2n) is 6.71. The van der Waals surface area contributed by atoms with Crippen molar-refractivity contribution in [2.24, 2.45) is 0 Å². The maximum absolute atomic E-state index is 12.4. The number of pyridine rings is 2. The molecule has 142 valence electrons. The highest BCUT2D eigenvalue weighted by Crippen LogP contribution is 2.14. The summed E-state index contributed by atoms with van der Waals surface area (Å²) in [4.78, 5) is 25.4. The molecule has 0 fully saturated rings. The lowest BCUT2D eigenvalue weighted by atomic mass is 10.2. The van der Waals surface area contributed by atoms with Crippen LogP contribution in [0.5, 0.6) is 0 Å². The van der Waals surface area contributed by atoms with Gasteiger partial charge < -0.3 is 9.88 Å². The average Bonchev–Trinajstić information content (AvgIpc) is 3.24. The number of hydrogen-bond acceptors (Lipinski definition) is 5. The van der Waals surface area contributed by atoms with Gasteiger partial charge in [-0.3, -0.25) is 14.5 Å². The van der Waals surface area contributed by atoms with Gasteiger partial charge in [0.2, 0.25) is 0 Å². The predicted octanol–water partition coefficient (Wildman–Crippen LogP) is 2.12. The first kappa shape index (κ1) is 17.8. The van der Waals surface area contributed by atoms with E-state index in [0.717, 1.165) is 22.6 Å². The van der Waals surface area contributed by atoms with Gasteiger partial charge >= 0.3 is 0 Å². The van der Waals surface area contributed by atoms with E-state index in [1.807, 2.05) is 47.5 Å². The van der Waals surface area contributed by atoms with Crippen LogP contribution in [0.4, 0.5) is 0 Å². The molecule has 0 bridgehead atoms. The molecule has 1 N–H and O–H groups in total. The van der Waals surface area contributed by atoms with Gasteiger partial charge in [-0.2, -0.15) is 5.10 Å². The summed E-state index contributed by atoms with van der Waals surface area (Å²) < 4.78 is 3.83. The van der Waals surface area contributed by atoms with Gasteiger partial charge in [0.05, 0.1) is 30.7 Å². The number of hydrogen-bond donors (Lipinski definition) is 1. The van der Waals surface area contributed by atoms with Crippen LogP contribution >= 0.6 is 0 Å². The topological polar surface area (TPSA) is 90.5 Å². The molecule has 4 rings (SSSR count). The summed E-state index contributed by atoms with van der Waals surface area (Å²) in [5.41, 5.74) is 5.04. The maximum atomic E-state index is 12.4. The molecule has 8 nitrogen and oxygen atoms in total. The van der Waals surface area contributed by atoms with E-state index in [1.165, 1.54) is 0 Å². The third kappa shape index (κ3) is 3.75. The molecule has 0 atom stereocenters. The molecule has 4 heterocycles. The summed E-state index contributed by atoms with van der Waals surface area (Å²) in [7, 11) is 0. The fourth-order valence-corrected chi connectivity index (χ4v) is 3.16. The van der Waals surface area contributed by atoms with Crippen LogP contribution < -0.4 is 5.32 Å². The Kier molecular flexibility index (Phi) is 4.84. The quantitative estimate of drug-likeness (QED) is 0.557. The molecule has 8 heteroatoms. The van der Waals surface area contributed by atoms with Crippen LogP contribution in [0.2, 0.25) is 0 Å². The zero-order valence-corrected chi connectivity index (χ0v) is 15.8. The first-order valence-electron chi connectivity index (χ1n) is 9.09. The average molecular weight is 375 g/mol. The van der Waals surface area contributed by atoms with Gasteiger partial charge in [0, 0.05) is 30.8 Å². The van der Waals surface area contributed by atoms with Gasteiger partial charge in [-0.15, -0.1) is 0 Å². The van der Waals surface area contributed by atoms with E-state index in [1.54, 1.807) is 24.8 Å². The molecule has 4 aromatic rings. The number of rotatable bonds is 6. The summed E-state index contributed by atoms with van der Waals surface area (Å²) in [5, 5.41) is 7.31. The van der Waals surface area contributed by atoms with E-state index in [2.05, 4.69) is 25.4 Å². The van der Waals surface area contributed by atoms with Crippen LogP contribution in [0.3, 0.4) is 0 Å². The Labute approximate surface area is 162 Å². The van der Waals surface area contributed by atoms with Crippen molar-refractivity contribution in [2.45, 2.75) is 26.9 Å². The van der Waals surface area contributed by atoms with E-state index < -0.39 is 0 Å². The van der Waals surface area contributed by atoms with Gasteiger partial charge in [0.1, 0.15) is 5.52 Å². The van der Waals surface area contributed by atoms with Crippen molar-refractivity contribution in [3.8, 4) is 0 Å². The lowest BCUT2D eigenvalue weighted by Crippen LogP contribution is -2.27. The summed E-state index contributed by atoms with van der Waals surface area (Å²) in [5.74, 6) is -0.169. The molecule has 0 spiro atoms. The van der Waals surface area contributed by atoms with Crippen molar-refractivity contribution in [3.63, 3.8) is 0 Å². The normalized spacial score (nSPS) is 11.1. The van der Waals surface area contributed by atoms with Crippen LogP contribution in [0, 0.1) is 13.8 Å². The minimum atomic E-state index is -0.169. The number of aryl methyl sites for hydroxylation is 2. The van der Waals surface area contributed by atoms with Gasteiger partial charge in [-0.25, -0.2) is 9.97 Å². The minimum Gasteiger partial charge on any atom is -0.350 e. The van der Waals surface area contributed by atoms with Gasteiger partial charge in [-0.05, 0) is 37.6 Å². The van der Waals surface area contributed by atoms with Crippen molar-refractivity contribution >= 4 is 17.1 Å². The number of nitrogens with one attached hydrogen (secondary N) is 1. The number of nitrogens with zero attached hydrogens (tertiary/aromatic N) is 6. The highest BCUT2D eigenvalue weighted by molar-refractivity contribution is 5.96. The number of carbonyl (C=O) groups excluding carboxylic acids is 1. The zero-order chi connectivity index (χ0) is 19.5. The third-order valence-corrected chi connectivity index (χ3v) is 4.51. The van der Waals surface area contributed by atoms with Crippen LogP contribution in [0.25, 0.3) is 11.2 Å². The lowest BCUT2D eigenvalue weighted by Gasteiger charge is -2.07. The fraction of sp³-hybridized carbons (Fsp3) is 0.250. The molecule has 0 aliphatic heterocycles. The highest BCUT2D eigenvalue weighted by Gasteiger charge is 2.11. The van der Waals surface area contributed by atoms with Crippen LogP contribution in [0.1, 0.15) is 27.3 Å². The van der Waals surface area contributed by atoms with Crippen molar-refractivity contribution in [3.05, 3.63) is 71.7 Å². The minimum absolute atomic E-state index is 0.169. The smallest absolute Gasteiger partial charge is 0.252 e. The molecule has 0 radical (unpaired) electrons. The van der Waals surface area contributed by atoms with Crippen molar-refractivity contribution in [1.29, 1.82) is 0 Å². The molecular weight excluding hydrogens is 354 g/mol. The second-order valence-corrected chi connectivity index (χ2v) is 6.71. The Morgan fingerprint density at radius 2 is 2.07 bits per heavy atom. The second kappa shape index (κ2) is 7.59. The van der Waals surface area contributed by atoms with E-state index in [9.17, 15) is 4.79 Å². The Morgan fingerprint density at radius 1 is 1.18 bits per heavy atom. The predicted molar refractivity (Wildman–Crippen MR) is 105 cm³/mol. The van der Waals surface area contributed by atoms with E-state index in [4.69, 9.17) is 0 Å². The first-order valence-corrected chi connectivity index (χ1v) is 9.09. The molecular formula is C20H21N7O. The van der Waals surface area contributed by atoms with Crippen molar-refractivity contribution in [1.82, 2.24) is 34.6 Å². The van der Waals surface area contributed by atoms with E-state index in [-0.39, 0.29) is 5.91 Å². The third-order valence-electron chi connectivity index (χ3n) is 4.51. The monoisotopic (exact) mass is 375 g/mol. The Morgan fingerprint density at radius 3 is 2.82 bits per heavy atom. The van der Waals surface area contributed by atoms with E-state index >= 15 is 0 Å². The summed E-state index contributed by atoms with van der Waals surface area (Å²) in [6.45, 7) is 5.71. The Bertz CT molecular complexity index is 1110. The molecule has 0 aromatic carbocycles. The number of carbonyl (C=O) groups is 1. The van der Waals surface area contributed by atoms with Gasteiger partial charge in [0.15, 0.2) is 5.65 Å². The molecule has 0 saturated heterocycles. The lowest BCUT2D eigenvalue weighted by molar-refractivity contribution is 0.0951. The zero-order valence-electron chi connectivity index (χ0n) is 15.8. The molecule has 1 amide bonds. The first-order chi connectivity index (χ1) is 13.6. The Hall–Kier alpha value is -3.55. The largest absolute Gasteiger partial charge is 0.350 e. The van der Waals surface area contributed by atoms with E-state index in [0.29, 0.717) is 30.7 Å². The summed E-state index contributed by atoms with van der Waals surface area (Å²) in [6, 6.07) is 7.68. The fourth-order valence-electron chi connectivity index (χ4n) is 3.16. The maximum Gasteiger partial charge on any atom is 0.252 e. The Balaban J connectivity index is 1.42. The van der Waals surface area contributed by atoms with Crippen molar-refractivity contribution in [2.75, 3.05) is 6.54 Å². The molecule has 28 heavy (non-hydrogen) atoms. The summed E-state index contributed by atoms with van der Waals surface area (Å²) >= 11 is 0. The van der Waals surface area contributed by atoms with Crippen LogP contribution in [0.15, 0.2) is 49.2 Å². The molecule has 4 aromatic heterocycles. The standard InChI is InChI=1S/C20H21N7O/c1-14-8-15(2)27(25-14)7-6-22-20(28)17-9-18-19(23-11-17)26(13-24-18)12-16-4-3-5-21-10-16/h3-5,8-11,13H,6-7,12H2,1-2H3,(H,22,28). The number of fused-ring (bicyclic) bond motifs is 1. The number of aromatic nitrogens is 6.